The van der Waals surface area contributed by atoms with Crippen LogP contribution in [0.5, 0.6) is 5.88 Å². The third kappa shape index (κ3) is 6.33. The van der Waals surface area contributed by atoms with Crippen molar-refractivity contribution < 1.29 is 27.5 Å². The Hall–Kier alpha value is -2.97. The Morgan fingerprint density at radius 1 is 1.29 bits per heavy atom. The van der Waals surface area contributed by atoms with Gasteiger partial charge < -0.3 is 10.1 Å². The van der Waals surface area contributed by atoms with Crippen molar-refractivity contribution in [1.82, 2.24) is 15.3 Å². The SMILES string of the molecule is CC(=O)Cc1cccc(C(=O)NC(C)c2cnc(OCC(F)(F)F)c(C)c2)n1. The lowest BCUT2D eigenvalue weighted by molar-refractivity contribution is -0.154. The highest BCUT2D eigenvalue weighted by molar-refractivity contribution is 5.92. The molecule has 2 aromatic heterocycles. The minimum atomic E-state index is -4.45. The molecule has 0 saturated carbocycles. The van der Waals surface area contributed by atoms with E-state index in [-0.39, 0.29) is 23.8 Å². The van der Waals surface area contributed by atoms with Gasteiger partial charge in [-0.3, -0.25) is 9.59 Å². The van der Waals surface area contributed by atoms with Gasteiger partial charge in [0.05, 0.1) is 6.04 Å². The Morgan fingerprint density at radius 2 is 2.00 bits per heavy atom. The Labute approximate surface area is 160 Å². The molecule has 0 aliphatic rings. The summed E-state index contributed by atoms with van der Waals surface area (Å²) < 4.78 is 41.4. The monoisotopic (exact) mass is 395 g/mol. The summed E-state index contributed by atoms with van der Waals surface area (Å²) in [6.45, 7) is 3.30. The van der Waals surface area contributed by atoms with Crippen LogP contribution < -0.4 is 10.1 Å². The van der Waals surface area contributed by atoms with E-state index in [1.807, 2.05) is 0 Å². The maximum absolute atomic E-state index is 12.4. The van der Waals surface area contributed by atoms with Gasteiger partial charge in [-0.05, 0) is 44.5 Å². The highest BCUT2D eigenvalue weighted by Gasteiger charge is 2.29. The number of pyridine rings is 2. The summed E-state index contributed by atoms with van der Waals surface area (Å²) in [6.07, 6.45) is -2.96. The lowest BCUT2D eigenvalue weighted by Gasteiger charge is -2.16. The Bertz CT molecular complexity index is 869. The number of halogens is 3. The van der Waals surface area contributed by atoms with Crippen LogP contribution >= 0.6 is 0 Å². The third-order valence-electron chi connectivity index (χ3n) is 3.74. The molecule has 1 unspecified atom stereocenters. The predicted octanol–water partition coefficient (Wildman–Crippen LogP) is 3.35. The van der Waals surface area contributed by atoms with Crippen LogP contribution in [0.25, 0.3) is 0 Å². The third-order valence-corrected chi connectivity index (χ3v) is 3.74. The van der Waals surface area contributed by atoms with Gasteiger partial charge >= 0.3 is 6.18 Å². The number of Topliss-reactive ketones (excluding diaryl/α,β-unsaturated/α-hetero) is 1. The van der Waals surface area contributed by atoms with Gasteiger partial charge in [-0.15, -0.1) is 0 Å². The molecular formula is C19H20F3N3O3. The first kappa shape index (κ1) is 21.3. The van der Waals surface area contributed by atoms with Crippen LogP contribution in [0, 0.1) is 6.92 Å². The Morgan fingerprint density at radius 3 is 2.61 bits per heavy atom. The molecule has 0 bridgehead atoms. The molecule has 28 heavy (non-hydrogen) atoms. The quantitative estimate of drug-likeness (QED) is 0.778. The van der Waals surface area contributed by atoms with Crippen molar-refractivity contribution >= 4 is 11.7 Å². The van der Waals surface area contributed by atoms with Crippen LogP contribution in [0.1, 0.15) is 47.2 Å². The molecule has 6 nitrogen and oxygen atoms in total. The van der Waals surface area contributed by atoms with Gasteiger partial charge in [0.15, 0.2) is 6.61 Å². The van der Waals surface area contributed by atoms with Gasteiger partial charge in [-0.25, -0.2) is 9.97 Å². The molecule has 0 aliphatic heterocycles. The van der Waals surface area contributed by atoms with Crippen LogP contribution in [-0.4, -0.2) is 34.4 Å². The number of carbonyl (C=O) groups is 2. The predicted molar refractivity (Wildman–Crippen MR) is 95.0 cm³/mol. The second kappa shape index (κ2) is 8.81. The second-order valence-corrected chi connectivity index (χ2v) is 6.38. The number of ketones is 1. The van der Waals surface area contributed by atoms with E-state index in [1.165, 1.54) is 19.2 Å². The topological polar surface area (TPSA) is 81.2 Å². The number of nitrogens with zero attached hydrogens (tertiary/aromatic N) is 2. The second-order valence-electron chi connectivity index (χ2n) is 6.38. The van der Waals surface area contributed by atoms with Crippen LogP contribution in [0.4, 0.5) is 13.2 Å². The summed E-state index contributed by atoms with van der Waals surface area (Å²) in [5.74, 6) is -0.612. The summed E-state index contributed by atoms with van der Waals surface area (Å²) in [5, 5.41) is 2.75. The van der Waals surface area contributed by atoms with Crippen LogP contribution in [-0.2, 0) is 11.2 Å². The molecule has 0 spiro atoms. The fourth-order valence-corrected chi connectivity index (χ4v) is 2.44. The first-order valence-corrected chi connectivity index (χ1v) is 8.47. The summed E-state index contributed by atoms with van der Waals surface area (Å²) in [4.78, 5) is 31.7. The van der Waals surface area contributed by atoms with E-state index >= 15 is 0 Å². The maximum atomic E-state index is 12.4. The number of aryl methyl sites for hydroxylation is 1. The first-order valence-electron chi connectivity index (χ1n) is 8.47. The Kier molecular flexibility index (Phi) is 6.71. The summed E-state index contributed by atoms with van der Waals surface area (Å²) >= 11 is 0. The fraction of sp³-hybridized carbons (Fsp3) is 0.368. The average Bonchev–Trinajstić information content (AvgIpc) is 2.59. The molecule has 0 aliphatic carbocycles. The van der Waals surface area contributed by atoms with E-state index in [2.05, 4.69) is 20.0 Å². The smallest absolute Gasteiger partial charge is 0.422 e. The number of rotatable bonds is 7. The zero-order valence-corrected chi connectivity index (χ0v) is 15.6. The molecule has 1 N–H and O–H groups in total. The normalized spacial score (nSPS) is 12.4. The number of nitrogens with one attached hydrogen (secondary N) is 1. The standard InChI is InChI=1S/C19H20F3N3O3/c1-11-7-14(9-23-18(11)28-10-19(20,21)22)13(3)24-17(27)16-6-4-5-15(25-16)8-12(2)26/h4-7,9,13H,8,10H2,1-3H3,(H,24,27). The number of alkyl halides is 3. The zero-order valence-electron chi connectivity index (χ0n) is 15.6. The highest BCUT2D eigenvalue weighted by Crippen LogP contribution is 2.22. The number of aromatic nitrogens is 2. The maximum Gasteiger partial charge on any atom is 0.422 e. The molecule has 1 amide bonds. The van der Waals surface area contributed by atoms with Crippen molar-refractivity contribution in [3.05, 3.63) is 53.0 Å². The fourth-order valence-electron chi connectivity index (χ4n) is 2.44. The highest BCUT2D eigenvalue weighted by atomic mass is 19.4. The number of hydrogen-bond acceptors (Lipinski definition) is 5. The molecule has 2 heterocycles. The molecule has 150 valence electrons. The van der Waals surface area contributed by atoms with E-state index in [0.29, 0.717) is 16.8 Å². The van der Waals surface area contributed by atoms with Gasteiger partial charge in [0.25, 0.3) is 5.91 Å². The van der Waals surface area contributed by atoms with Gasteiger partial charge in [0.1, 0.15) is 11.5 Å². The molecule has 0 aromatic carbocycles. The van der Waals surface area contributed by atoms with Crippen molar-refractivity contribution in [1.29, 1.82) is 0 Å². The molecule has 0 saturated heterocycles. The van der Waals surface area contributed by atoms with Crippen molar-refractivity contribution in [2.75, 3.05) is 6.61 Å². The zero-order chi connectivity index (χ0) is 20.9. The molecule has 2 aromatic rings. The van der Waals surface area contributed by atoms with E-state index in [1.54, 1.807) is 32.0 Å². The minimum Gasteiger partial charge on any atom is -0.468 e. The van der Waals surface area contributed by atoms with Gasteiger partial charge in [0, 0.05) is 23.9 Å². The molecule has 0 radical (unpaired) electrons. The van der Waals surface area contributed by atoms with Crippen molar-refractivity contribution in [3.63, 3.8) is 0 Å². The Balaban J connectivity index is 2.06. The van der Waals surface area contributed by atoms with Crippen LogP contribution in [0.3, 0.4) is 0 Å². The molecule has 9 heteroatoms. The first-order chi connectivity index (χ1) is 13.0. The van der Waals surface area contributed by atoms with Gasteiger partial charge in [-0.2, -0.15) is 13.2 Å². The van der Waals surface area contributed by atoms with Crippen molar-refractivity contribution in [3.8, 4) is 5.88 Å². The van der Waals surface area contributed by atoms with E-state index in [9.17, 15) is 22.8 Å². The minimum absolute atomic E-state index is 0.0622. The van der Waals surface area contributed by atoms with Gasteiger partial charge in [-0.1, -0.05) is 6.07 Å². The van der Waals surface area contributed by atoms with Crippen LogP contribution in [0.2, 0.25) is 0 Å². The average molecular weight is 395 g/mol. The summed E-state index contributed by atoms with van der Waals surface area (Å²) in [5.41, 5.74) is 1.69. The molecule has 2 rings (SSSR count). The van der Waals surface area contributed by atoms with Gasteiger partial charge in [0.2, 0.25) is 5.88 Å². The van der Waals surface area contributed by atoms with Crippen molar-refractivity contribution in [2.45, 2.75) is 39.4 Å². The van der Waals surface area contributed by atoms with E-state index in [0.717, 1.165) is 0 Å². The molecule has 0 fully saturated rings. The lowest BCUT2D eigenvalue weighted by Crippen LogP contribution is -2.28. The van der Waals surface area contributed by atoms with Crippen molar-refractivity contribution in [2.24, 2.45) is 0 Å². The number of carbonyl (C=O) groups excluding carboxylic acids is 2. The lowest BCUT2D eigenvalue weighted by atomic mass is 10.1. The largest absolute Gasteiger partial charge is 0.468 e. The van der Waals surface area contributed by atoms with E-state index < -0.39 is 24.7 Å². The summed E-state index contributed by atoms with van der Waals surface area (Å²) in [6, 6.07) is 5.97. The number of amides is 1. The number of ether oxygens (including phenoxy) is 1. The molecule has 1 atom stereocenters. The summed E-state index contributed by atoms with van der Waals surface area (Å²) in [7, 11) is 0. The van der Waals surface area contributed by atoms with E-state index in [4.69, 9.17) is 0 Å². The molecular weight excluding hydrogens is 375 g/mol. The number of hydrogen-bond donors (Lipinski definition) is 1. The van der Waals surface area contributed by atoms with Crippen LogP contribution in [0.15, 0.2) is 30.5 Å².